The van der Waals surface area contributed by atoms with E-state index in [1.165, 1.54) is 11.8 Å². The second-order valence-corrected chi connectivity index (χ2v) is 9.95. The van der Waals surface area contributed by atoms with Crippen LogP contribution in [0.2, 0.25) is 0 Å². The number of rotatable bonds is 11. The fraction of sp³-hybridized carbons (Fsp3) is 0.233. The van der Waals surface area contributed by atoms with Gasteiger partial charge in [0.1, 0.15) is 5.75 Å². The second kappa shape index (κ2) is 13.6. The highest BCUT2D eigenvalue weighted by molar-refractivity contribution is 7.99. The van der Waals surface area contributed by atoms with Gasteiger partial charge in [-0.15, -0.1) is 10.2 Å². The summed E-state index contributed by atoms with van der Waals surface area (Å²) in [6.45, 7) is 6.17. The maximum atomic E-state index is 12.8. The summed E-state index contributed by atoms with van der Waals surface area (Å²) in [4.78, 5) is 37.5. The minimum atomic E-state index is -0.415. The highest BCUT2D eigenvalue weighted by Gasteiger charge is 2.19. The molecule has 10 nitrogen and oxygen atoms in total. The van der Waals surface area contributed by atoms with Gasteiger partial charge in [-0.25, -0.2) is 4.79 Å². The number of hydrogen-bond donors (Lipinski definition) is 2. The van der Waals surface area contributed by atoms with Gasteiger partial charge in [-0.2, -0.15) is 0 Å². The van der Waals surface area contributed by atoms with E-state index >= 15 is 0 Å². The van der Waals surface area contributed by atoms with Crippen molar-refractivity contribution in [2.75, 3.05) is 24.8 Å². The minimum absolute atomic E-state index is 0.0682. The number of esters is 1. The van der Waals surface area contributed by atoms with Gasteiger partial charge in [0.05, 0.1) is 37.3 Å². The predicted molar refractivity (Wildman–Crippen MR) is 157 cm³/mol. The number of methoxy groups -OCH3 is 1. The van der Waals surface area contributed by atoms with Crippen LogP contribution in [0.5, 0.6) is 5.75 Å². The molecule has 0 aliphatic rings. The molecule has 0 radical (unpaired) electrons. The molecule has 2 amide bonds. The third-order valence-corrected chi connectivity index (χ3v) is 7.20. The molecule has 0 aliphatic heterocycles. The van der Waals surface area contributed by atoms with E-state index in [0.29, 0.717) is 33.5 Å². The quantitative estimate of drug-likeness (QED) is 0.195. The second-order valence-electron chi connectivity index (χ2n) is 9.00. The fourth-order valence-electron chi connectivity index (χ4n) is 3.99. The number of thioether (sulfide) groups is 1. The van der Waals surface area contributed by atoms with Crippen LogP contribution in [0.4, 0.5) is 5.69 Å². The zero-order valence-electron chi connectivity index (χ0n) is 23.3. The van der Waals surface area contributed by atoms with E-state index in [-0.39, 0.29) is 30.7 Å². The summed E-state index contributed by atoms with van der Waals surface area (Å²) >= 11 is 1.23. The summed E-state index contributed by atoms with van der Waals surface area (Å²) in [5.41, 5.74) is 4.40. The van der Waals surface area contributed by atoms with Crippen LogP contribution in [0.3, 0.4) is 0 Å². The van der Waals surface area contributed by atoms with Gasteiger partial charge in [-0.05, 0) is 80.4 Å². The summed E-state index contributed by atoms with van der Waals surface area (Å²) in [5, 5.41) is 14.9. The molecule has 0 atom stereocenters. The number of aromatic nitrogens is 3. The van der Waals surface area contributed by atoms with Crippen LogP contribution in [-0.2, 0) is 16.1 Å². The van der Waals surface area contributed by atoms with Crippen LogP contribution in [0, 0.1) is 13.8 Å². The van der Waals surface area contributed by atoms with E-state index in [4.69, 9.17) is 9.47 Å². The largest absolute Gasteiger partial charge is 0.497 e. The van der Waals surface area contributed by atoms with Gasteiger partial charge in [0.25, 0.3) is 5.91 Å². The molecule has 2 N–H and O–H groups in total. The molecule has 41 heavy (non-hydrogen) atoms. The van der Waals surface area contributed by atoms with Gasteiger partial charge in [-0.3, -0.25) is 14.2 Å². The van der Waals surface area contributed by atoms with Crippen LogP contribution in [-0.4, -0.2) is 52.0 Å². The molecule has 0 aliphatic carbocycles. The lowest BCUT2D eigenvalue weighted by Crippen LogP contribution is -2.25. The Bertz CT molecular complexity index is 1550. The van der Waals surface area contributed by atoms with Crippen molar-refractivity contribution >= 4 is 35.2 Å². The fourth-order valence-corrected chi connectivity index (χ4v) is 4.75. The molecule has 11 heteroatoms. The van der Waals surface area contributed by atoms with Crippen molar-refractivity contribution in [3.63, 3.8) is 0 Å². The molecule has 212 valence electrons. The molecule has 0 spiro atoms. The number of nitrogens with zero attached hydrogens (tertiary/aromatic N) is 3. The number of anilines is 1. The Morgan fingerprint density at radius 3 is 2.44 bits per heavy atom. The van der Waals surface area contributed by atoms with E-state index in [1.54, 1.807) is 62.6 Å². The van der Waals surface area contributed by atoms with Crippen molar-refractivity contribution in [2.24, 2.45) is 0 Å². The average Bonchev–Trinajstić information content (AvgIpc) is 3.39. The zero-order valence-corrected chi connectivity index (χ0v) is 24.1. The molecular formula is C30H31N5O5S. The third-order valence-electron chi connectivity index (χ3n) is 6.27. The number of carbonyl (C=O) groups is 3. The first-order valence-corrected chi connectivity index (χ1v) is 13.9. The van der Waals surface area contributed by atoms with E-state index in [0.717, 1.165) is 16.8 Å². The highest BCUT2D eigenvalue weighted by atomic mass is 32.2. The molecule has 4 aromatic rings. The highest BCUT2D eigenvalue weighted by Crippen LogP contribution is 2.26. The maximum absolute atomic E-state index is 12.8. The number of amides is 2. The van der Waals surface area contributed by atoms with Crippen LogP contribution < -0.4 is 15.4 Å². The number of aryl methyl sites for hydroxylation is 1. The van der Waals surface area contributed by atoms with Crippen molar-refractivity contribution in [2.45, 2.75) is 32.5 Å². The van der Waals surface area contributed by atoms with Crippen molar-refractivity contribution in [3.8, 4) is 11.4 Å². The van der Waals surface area contributed by atoms with Gasteiger partial charge in [0, 0.05) is 11.3 Å². The Balaban J connectivity index is 1.49. The van der Waals surface area contributed by atoms with E-state index < -0.39 is 5.97 Å². The summed E-state index contributed by atoms with van der Waals surface area (Å²) in [6, 6.07) is 19.3. The first kappa shape index (κ1) is 29.3. The molecule has 0 saturated carbocycles. The molecule has 4 rings (SSSR count). The molecule has 1 aromatic heterocycles. The Hall–Kier alpha value is -4.64. The number of ether oxygens (including phenoxy) is 2. The topological polar surface area (TPSA) is 124 Å². The van der Waals surface area contributed by atoms with Crippen LogP contribution in [0.1, 0.15) is 44.6 Å². The molecule has 0 fully saturated rings. The molecule has 0 unspecified atom stereocenters. The lowest BCUT2D eigenvalue weighted by molar-refractivity contribution is -0.113. The van der Waals surface area contributed by atoms with Crippen molar-refractivity contribution in [1.82, 2.24) is 20.1 Å². The molecule has 1 heterocycles. The van der Waals surface area contributed by atoms with Crippen LogP contribution in [0.15, 0.2) is 71.9 Å². The van der Waals surface area contributed by atoms with Gasteiger partial charge in [0.2, 0.25) is 5.91 Å². The van der Waals surface area contributed by atoms with E-state index in [9.17, 15) is 14.4 Å². The first-order chi connectivity index (χ1) is 19.8. The summed E-state index contributed by atoms with van der Waals surface area (Å²) in [6.07, 6.45) is 0. The minimum Gasteiger partial charge on any atom is -0.497 e. The van der Waals surface area contributed by atoms with Crippen LogP contribution in [0.25, 0.3) is 5.69 Å². The van der Waals surface area contributed by atoms with E-state index in [2.05, 4.69) is 20.8 Å². The third kappa shape index (κ3) is 7.31. The predicted octanol–water partition coefficient (Wildman–Crippen LogP) is 4.73. The van der Waals surface area contributed by atoms with Gasteiger partial charge in [-0.1, -0.05) is 30.0 Å². The smallest absolute Gasteiger partial charge is 0.338 e. The summed E-state index contributed by atoms with van der Waals surface area (Å²) in [7, 11) is 1.55. The lowest BCUT2D eigenvalue weighted by atomic mass is 10.1. The molecule has 0 bridgehead atoms. The van der Waals surface area contributed by atoms with Crippen LogP contribution >= 0.6 is 11.8 Å². The Morgan fingerprint density at radius 1 is 0.951 bits per heavy atom. The summed E-state index contributed by atoms with van der Waals surface area (Å²) < 4.78 is 12.1. The Morgan fingerprint density at radius 2 is 1.71 bits per heavy atom. The van der Waals surface area contributed by atoms with Crippen molar-refractivity contribution in [3.05, 3.63) is 94.8 Å². The van der Waals surface area contributed by atoms with Crippen molar-refractivity contribution < 1.29 is 23.9 Å². The number of hydrogen-bond acceptors (Lipinski definition) is 8. The first-order valence-electron chi connectivity index (χ1n) is 12.9. The Kier molecular flexibility index (Phi) is 9.75. The van der Waals surface area contributed by atoms with Gasteiger partial charge in [0.15, 0.2) is 11.0 Å². The number of carbonyl (C=O) groups excluding carboxylic acids is 3. The normalized spacial score (nSPS) is 10.6. The molecule has 3 aromatic carbocycles. The number of nitrogens with one attached hydrogen (secondary N) is 2. The summed E-state index contributed by atoms with van der Waals surface area (Å²) in [5.74, 6) is 0.237. The van der Waals surface area contributed by atoms with Gasteiger partial charge >= 0.3 is 5.97 Å². The van der Waals surface area contributed by atoms with Gasteiger partial charge < -0.3 is 20.1 Å². The standard InChI is InChI=1S/C30H31N5O5S/c1-5-40-29(38)21-12-14-23(15-13-21)32-27(36)18-41-30-34-33-26(35(30)25-11-6-8-19(2)20(25)3)17-31-28(37)22-9-7-10-24(16-22)39-4/h6-16H,5,17-18H2,1-4H3,(H,31,37)(H,32,36). The molecule has 0 saturated heterocycles. The molecular weight excluding hydrogens is 542 g/mol. The Labute approximate surface area is 242 Å². The average molecular weight is 574 g/mol. The number of benzene rings is 3. The van der Waals surface area contributed by atoms with E-state index in [1.807, 2.05) is 36.6 Å². The maximum Gasteiger partial charge on any atom is 0.338 e. The monoisotopic (exact) mass is 573 g/mol. The zero-order chi connectivity index (χ0) is 29.4. The SMILES string of the molecule is CCOC(=O)c1ccc(NC(=O)CSc2nnc(CNC(=O)c3cccc(OC)c3)n2-c2cccc(C)c2C)cc1. The lowest BCUT2D eigenvalue weighted by Gasteiger charge is -2.15. The van der Waals surface area contributed by atoms with Crippen molar-refractivity contribution in [1.29, 1.82) is 0 Å².